The third kappa shape index (κ3) is 1.93. The van der Waals surface area contributed by atoms with E-state index < -0.39 is 0 Å². The van der Waals surface area contributed by atoms with Crippen molar-refractivity contribution in [1.29, 1.82) is 0 Å². The fourth-order valence-electron chi connectivity index (χ4n) is 1.05. The van der Waals surface area contributed by atoms with E-state index in [0.717, 1.165) is 5.56 Å². The summed E-state index contributed by atoms with van der Waals surface area (Å²) in [5.41, 5.74) is 6.29. The third-order valence-electron chi connectivity index (χ3n) is 1.74. The molecule has 72 valence electrons. The average Bonchev–Trinajstić information content (AvgIpc) is 2.67. The smallest absolute Gasteiger partial charge is 0.257 e. The van der Waals surface area contributed by atoms with Crippen molar-refractivity contribution in [2.24, 2.45) is 5.73 Å². The number of nitrogens with two attached hydrogens (primary N) is 1. The molecule has 0 aliphatic rings. The molecule has 0 saturated heterocycles. The summed E-state index contributed by atoms with van der Waals surface area (Å²) in [6, 6.07) is 7.86. The van der Waals surface area contributed by atoms with E-state index in [1.54, 1.807) is 0 Å². The molecule has 1 heterocycles. The first-order valence-electron chi connectivity index (χ1n) is 4.08. The number of aromatic nitrogens is 2. The van der Waals surface area contributed by atoms with E-state index in [9.17, 15) is 0 Å². The molecule has 1 aromatic carbocycles. The Morgan fingerprint density at radius 2 is 2.00 bits per heavy atom. The lowest BCUT2D eigenvalue weighted by molar-refractivity contribution is 0.423. The average molecular weight is 301 g/mol. The zero-order chi connectivity index (χ0) is 9.97. The lowest BCUT2D eigenvalue weighted by atomic mass is 10.2. The Kier molecular flexibility index (Phi) is 2.78. The minimum absolute atomic E-state index is 0.299. The van der Waals surface area contributed by atoms with Gasteiger partial charge in [0.25, 0.3) is 5.89 Å². The second-order valence-corrected chi connectivity index (χ2v) is 3.97. The second-order valence-electron chi connectivity index (χ2n) is 2.73. The van der Waals surface area contributed by atoms with Crippen molar-refractivity contribution in [3.8, 4) is 11.5 Å². The molecular weight excluding hydrogens is 293 g/mol. The van der Waals surface area contributed by atoms with Gasteiger partial charge in [0.05, 0.1) is 6.54 Å². The summed E-state index contributed by atoms with van der Waals surface area (Å²) >= 11 is 2.24. The molecular formula is C9H8IN3O. The molecule has 0 aliphatic carbocycles. The normalized spacial score (nSPS) is 10.4. The maximum atomic E-state index is 5.38. The minimum atomic E-state index is 0.299. The van der Waals surface area contributed by atoms with Gasteiger partial charge in [-0.1, -0.05) is 5.16 Å². The Bertz CT molecular complexity index is 424. The monoisotopic (exact) mass is 301 g/mol. The van der Waals surface area contributed by atoms with E-state index in [4.69, 9.17) is 10.3 Å². The van der Waals surface area contributed by atoms with Crippen molar-refractivity contribution in [3.63, 3.8) is 0 Å². The van der Waals surface area contributed by atoms with Crippen molar-refractivity contribution in [2.45, 2.75) is 6.54 Å². The Labute approximate surface area is 94.6 Å². The Morgan fingerprint density at radius 3 is 2.57 bits per heavy atom. The van der Waals surface area contributed by atoms with Crippen LogP contribution in [0.4, 0.5) is 0 Å². The molecule has 0 atom stereocenters. The van der Waals surface area contributed by atoms with Crippen molar-refractivity contribution < 1.29 is 4.52 Å². The molecule has 2 rings (SSSR count). The summed E-state index contributed by atoms with van der Waals surface area (Å²) in [6.07, 6.45) is 0. The predicted octanol–water partition coefficient (Wildman–Crippen LogP) is 1.80. The molecule has 2 N–H and O–H groups in total. The summed E-state index contributed by atoms with van der Waals surface area (Å²) in [4.78, 5) is 4.12. The van der Waals surface area contributed by atoms with Crippen LogP contribution in [0.5, 0.6) is 0 Å². The van der Waals surface area contributed by atoms with Crippen LogP contribution in [0.15, 0.2) is 28.8 Å². The first-order chi connectivity index (χ1) is 6.79. The molecule has 14 heavy (non-hydrogen) atoms. The molecule has 0 aliphatic heterocycles. The highest BCUT2D eigenvalue weighted by molar-refractivity contribution is 14.1. The summed E-state index contributed by atoms with van der Waals surface area (Å²) < 4.78 is 6.21. The molecule has 0 amide bonds. The van der Waals surface area contributed by atoms with Gasteiger partial charge in [0, 0.05) is 9.13 Å². The van der Waals surface area contributed by atoms with Crippen molar-refractivity contribution in [1.82, 2.24) is 10.1 Å². The zero-order valence-electron chi connectivity index (χ0n) is 7.27. The molecule has 5 heteroatoms. The van der Waals surface area contributed by atoms with Crippen LogP contribution >= 0.6 is 22.6 Å². The number of halogens is 1. The van der Waals surface area contributed by atoms with Crippen molar-refractivity contribution in [3.05, 3.63) is 33.7 Å². The Hall–Kier alpha value is -0.950. The standard InChI is InChI=1S/C9H8IN3O/c10-7-3-1-6(2-4-7)9-12-8(5-11)13-14-9/h1-4H,5,11H2. The lowest BCUT2D eigenvalue weighted by Gasteiger charge is -1.93. The molecule has 0 saturated carbocycles. The van der Waals surface area contributed by atoms with Gasteiger partial charge < -0.3 is 10.3 Å². The highest BCUT2D eigenvalue weighted by Gasteiger charge is 2.06. The number of nitrogens with zero attached hydrogens (tertiary/aromatic N) is 2. The molecule has 0 radical (unpaired) electrons. The number of benzene rings is 1. The molecule has 1 aromatic heterocycles. The fourth-order valence-corrected chi connectivity index (χ4v) is 1.41. The van der Waals surface area contributed by atoms with Gasteiger partial charge in [0.15, 0.2) is 5.82 Å². The van der Waals surface area contributed by atoms with Crippen LogP contribution in [-0.2, 0) is 6.54 Å². The third-order valence-corrected chi connectivity index (χ3v) is 2.46. The zero-order valence-corrected chi connectivity index (χ0v) is 9.43. The van der Waals surface area contributed by atoms with E-state index in [1.165, 1.54) is 3.57 Å². The molecule has 0 fully saturated rings. The summed E-state index contributed by atoms with van der Waals surface area (Å²) in [7, 11) is 0. The van der Waals surface area contributed by atoms with Crippen LogP contribution in [0, 0.1) is 3.57 Å². The van der Waals surface area contributed by atoms with E-state index in [-0.39, 0.29) is 0 Å². The molecule has 0 spiro atoms. The van der Waals surface area contributed by atoms with Crippen LogP contribution in [0.3, 0.4) is 0 Å². The highest BCUT2D eigenvalue weighted by atomic mass is 127. The van der Waals surface area contributed by atoms with Gasteiger partial charge in [0.1, 0.15) is 0 Å². The predicted molar refractivity (Wildman–Crippen MR) is 60.3 cm³/mol. The Morgan fingerprint density at radius 1 is 1.29 bits per heavy atom. The van der Waals surface area contributed by atoms with Gasteiger partial charge in [-0.05, 0) is 46.9 Å². The van der Waals surface area contributed by atoms with Gasteiger partial charge in [0.2, 0.25) is 0 Å². The van der Waals surface area contributed by atoms with Gasteiger partial charge in [-0.3, -0.25) is 0 Å². The van der Waals surface area contributed by atoms with Crippen molar-refractivity contribution >= 4 is 22.6 Å². The van der Waals surface area contributed by atoms with Crippen LogP contribution in [0.2, 0.25) is 0 Å². The number of hydrogen-bond acceptors (Lipinski definition) is 4. The maximum Gasteiger partial charge on any atom is 0.257 e. The van der Waals surface area contributed by atoms with Crippen LogP contribution in [-0.4, -0.2) is 10.1 Å². The fraction of sp³-hybridized carbons (Fsp3) is 0.111. The van der Waals surface area contributed by atoms with Gasteiger partial charge >= 0.3 is 0 Å². The van der Waals surface area contributed by atoms with Gasteiger partial charge in [-0.2, -0.15) is 4.98 Å². The minimum Gasteiger partial charge on any atom is -0.334 e. The van der Waals surface area contributed by atoms with Crippen LogP contribution in [0.25, 0.3) is 11.5 Å². The van der Waals surface area contributed by atoms with E-state index >= 15 is 0 Å². The van der Waals surface area contributed by atoms with Crippen molar-refractivity contribution in [2.75, 3.05) is 0 Å². The maximum absolute atomic E-state index is 5.38. The largest absolute Gasteiger partial charge is 0.334 e. The van der Waals surface area contributed by atoms with Crippen LogP contribution in [0.1, 0.15) is 5.82 Å². The topological polar surface area (TPSA) is 64.9 Å². The van der Waals surface area contributed by atoms with Crippen LogP contribution < -0.4 is 5.73 Å². The summed E-state index contributed by atoms with van der Waals surface area (Å²) in [5, 5.41) is 3.72. The first kappa shape index (κ1) is 9.60. The number of rotatable bonds is 2. The summed E-state index contributed by atoms with van der Waals surface area (Å²) in [6.45, 7) is 0.299. The molecule has 4 nitrogen and oxygen atoms in total. The summed E-state index contributed by atoms with van der Waals surface area (Å²) in [5.74, 6) is 1.04. The molecule has 0 bridgehead atoms. The van der Waals surface area contributed by atoms with E-state index in [0.29, 0.717) is 18.3 Å². The van der Waals surface area contributed by atoms with Gasteiger partial charge in [-0.15, -0.1) is 0 Å². The highest BCUT2D eigenvalue weighted by Crippen LogP contribution is 2.18. The molecule has 2 aromatic rings. The second kappa shape index (κ2) is 4.05. The SMILES string of the molecule is NCc1noc(-c2ccc(I)cc2)n1. The Balaban J connectivity index is 2.34. The first-order valence-corrected chi connectivity index (χ1v) is 5.16. The van der Waals surface area contributed by atoms with Gasteiger partial charge in [-0.25, -0.2) is 0 Å². The quantitative estimate of drug-likeness (QED) is 0.859. The van der Waals surface area contributed by atoms with E-state index in [2.05, 4.69) is 32.7 Å². The molecule has 0 unspecified atom stereocenters. The van der Waals surface area contributed by atoms with E-state index in [1.807, 2.05) is 24.3 Å². The lowest BCUT2D eigenvalue weighted by Crippen LogP contribution is -1.97. The number of hydrogen-bond donors (Lipinski definition) is 1.